The normalized spacial score (nSPS) is 12.7. The molecule has 7 aromatic carbocycles. The Balaban J connectivity index is 1.07. The van der Waals surface area contributed by atoms with Gasteiger partial charge in [0.15, 0.2) is 0 Å². The second kappa shape index (κ2) is 32.6. The molecule has 480 valence electrons. The summed E-state index contributed by atoms with van der Waals surface area (Å²) < 4.78 is 58.4. The number of hydrazine groups is 3. The molecule has 0 bridgehead atoms. The Morgan fingerprint density at radius 1 is 0.402 bits per heavy atom. The van der Waals surface area contributed by atoms with Gasteiger partial charge in [0.2, 0.25) is 0 Å². The summed E-state index contributed by atoms with van der Waals surface area (Å²) in [6.45, 7) is -2.49. The summed E-state index contributed by atoms with van der Waals surface area (Å²) in [6, 6.07) is 48.0. The SMILES string of the molecule is O=C(OCCN(CCOC(=O)Oc1ccc([N+](=O)[O-])cc1)NP(=O)(NN(CCOC(=O)Oc1ccc([N+](=O)[O-])cc1)CCOC(=O)Oc1ccc([N+](=O)[O-])cc1)NN1CCN(C(c2ccccc2)(c2ccccc2)c2ccccc2)CC1)Oc1ccc([N+](=O)[O-])cc1. The van der Waals surface area contributed by atoms with E-state index in [2.05, 4.69) is 20.5 Å². The molecule has 7 aromatic rings. The number of non-ortho nitro benzene ring substituents is 4. The lowest BCUT2D eigenvalue weighted by molar-refractivity contribution is -0.385. The molecular weight excluding hydrogens is 1230 g/mol. The summed E-state index contributed by atoms with van der Waals surface area (Å²) >= 11 is 0. The first-order valence-corrected chi connectivity index (χ1v) is 29.5. The van der Waals surface area contributed by atoms with Gasteiger partial charge in [0.1, 0.15) is 49.4 Å². The number of rotatable bonds is 30. The van der Waals surface area contributed by atoms with Crippen molar-refractivity contribution >= 4 is 55.0 Å². The Labute approximate surface area is 522 Å². The molecule has 1 heterocycles. The minimum atomic E-state index is -4.56. The maximum absolute atomic E-state index is 16.1. The average Bonchev–Trinajstić information content (AvgIpc) is 0.739. The Morgan fingerprint density at radius 2 is 0.652 bits per heavy atom. The number of benzene rings is 7. The molecule has 32 nitrogen and oxygen atoms in total. The van der Waals surface area contributed by atoms with Crippen LogP contribution in [0.5, 0.6) is 23.0 Å². The molecule has 1 aliphatic heterocycles. The monoisotopic (exact) mass is 1290 g/mol. The number of nitro benzene ring substituents is 4. The molecule has 0 aliphatic carbocycles. The number of carbonyl (C=O) groups is 4. The molecule has 0 unspecified atom stereocenters. The van der Waals surface area contributed by atoms with E-state index in [0.29, 0.717) is 13.1 Å². The average molecular weight is 1290 g/mol. The summed E-state index contributed by atoms with van der Waals surface area (Å²) in [5, 5.41) is 58.0. The smallest absolute Gasteiger partial charge is 0.433 e. The fraction of sp³-hybridized carbons (Fsp3) is 0.220. The molecule has 0 radical (unpaired) electrons. The standard InChI is InChI=1S/C59H58N11O21P/c71-55(88-51-24-16-47(17-25-51)67(75)76)84-40-36-65(37-41-85-56(72)89-52-26-18-48(19-27-52)68(77)78)61-92(83,60-64-34-32-63(33-35-64)59(44-10-4-1-5-11-44,45-12-6-2-7-13-45)46-14-8-3-9-15-46)62-66(38-42-86-57(73)90-53-28-20-49(21-29-53)69(79)80)39-43-87-58(74)91-54-30-22-50(23-31-54)70(81)82/h1-31H,32-43H2,(H3,60,61,62,83). The van der Waals surface area contributed by atoms with E-state index in [4.69, 9.17) is 37.9 Å². The van der Waals surface area contributed by atoms with Gasteiger partial charge in [-0.3, -0.25) is 49.9 Å². The van der Waals surface area contributed by atoms with Gasteiger partial charge in [0.25, 0.3) is 22.7 Å². The van der Waals surface area contributed by atoms with Crippen molar-refractivity contribution in [2.45, 2.75) is 5.54 Å². The molecule has 1 saturated heterocycles. The van der Waals surface area contributed by atoms with Gasteiger partial charge in [-0.25, -0.2) is 34.2 Å². The van der Waals surface area contributed by atoms with E-state index in [9.17, 15) is 59.6 Å². The first-order valence-electron chi connectivity index (χ1n) is 27.8. The molecule has 0 saturated carbocycles. The van der Waals surface area contributed by atoms with Gasteiger partial charge >= 0.3 is 32.2 Å². The zero-order chi connectivity index (χ0) is 65.5. The maximum Gasteiger partial charge on any atom is 0.513 e. The van der Waals surface area contributed by atoms with Crippen LogP contribution in [0.25, 0.3) is 0 Å². The lowest BCUT2D eigenvalue weighted by Gasteiger charge is -2.49. The van der Waals surface area contributed by atoms with Crippen LogP contribution in [0.1, 0.15) is 16.7 Å². The number of hydrogen-bond acceptors (Lipinski definition) is 25. The quantitative estimate of drug-likeness (QED) is 0.00717. The van der Waals surface area contributed by atoms with Crippen LogP contribution in [0.4, 0.5) is 41.9 Å². The molecule has 0 aromatic heterocycles. The van der Waals surface area contributed by atoms with E-state index in [1.807, 2.05) is 91.0 Å². The minimum absolute atomic E-state index is 0.102. The highest BCUT2D eigenvalue weighted by Gasteiger charge is 2.44. The molecular formula is C59H58N11O21P. The fourth-order valence-electron chi connectivity index (χ4n) is 9.32. The van der Waals surface area contributed by atoms with Gasteiger partial charge in [-0.1, -0.05) is 91.0 Å². The van der Waals surface area contributed by atoms with Gasteiger partial charge in [-0.05, 0) is 65.2 Å². The number of ether oxygens (including phenoxy) is 8. The fourth-order valence-corrected chi connectivity index (χ4v) is 11.2. The zero-order valence-corrected chi connectivity index (χ0v) is 49.4. The van der Waals surface area contributed by atoms with Crippen molar-refractivity contribution in [2.75, 3.05) is 78.8 Å². The van der Waals surface area contributed by atoms with Crippen LogP contribution < -0.4 is 34.5 Å². The number of carbonyl (C=O) groups excluding carboxylic acids is 4. The van der Waals surface area contributed by atoms with Gasteiger partial charge in [0, 0.05) is 101 Å². The highest BCUT2D eigenvalue weighted by molar-refractivity contribution is 7.57. The van der Waals surface area contributed by atoms with Crippen LogP contribution >= 0.6 is 7.59 Å². The molecule has 1 aliphatic rings. The number of piperazine rings is 1. The number of nitrogens with one attached hydrogen (secondary N) is 3. The lowest BCUT2D eigenvalue weighted by atomic mass is 9.75. The van der Waals surface area contributed by atoms with E-state index in [0.717, 1.165) is 65.2 Å². The first-order chi connectivity index (χ1) is 44.3. The molecule has 0 amide bonds. The van der Waals surface area contributed by atoms with Crippen molar-refractivity contribution in [3.05, 3.63) is 245 Å². The van der Waals surface area contributed by atoms with Crippen LogP contribution in [0.15, 0.2) is 188 Å². The van der Waals surface area contributed by atoms with Crippen LogP contribution in [0, 0.1) is 40.5 Å². The Hall–Kier alpha value is -10.8. The van der Waals surface area contributed by atoms with Crippen molar-refractivity contribution < 1.29 is 81.3 Å². The lowest BCUT2D eigenvalue weighted by Crippen LogP contribution is -2.60. The topological polar surface area (TPSA) is 381 Å². The van der Waals surface area contributed by atoms with Gasteiger partial charge in [-0.15, -0.1) is 0 Å². The number of hydrogen-bond donors (Lipinski definition) is 3. The van der Waals surface area contributed by atoms with E-state index in [1.54, 1.807) is 5.01 Å². The Kier molecular flexibility index (Phi) is 23.8. The third kappa shape index (κ3) is 19.3. The second-order valence-electron chi connectivity index (χ2n) is 19.5. The van der Waals surface area contributed by atoms with Crippen molar-refractivity contribution in [2.24, 2.45) is 0 Å². The molecule has 0 atom stereocenters. The molecule has 3 N–H and O–H groups in total. The number of nitrogens with zero attached hydrogens (tertiary/aromatic N) is 8. The Bertz CT molecular complexity index is 3280. The summed E-state index contributed by atoms with van der Waals surface area (Å²) in [5.41, 5.74) is 0.954. The molecule has 1 fully saturated rings. The van der Waals surface area contributed by atoms with E-state index < -0.39 is 83.9 Å². The largest absolute Gasteiger partial charge is 0.513 e. The molecule has 8 rings (SSSR count). The first kappa shape index (κ1) is 67.1. The highest BCUT2D eigenvalue weighted by atomic mass is 31.2. The predicted octanol–water partition coefficient (Wildman–Crippen LogP) is 9.32. The summed E-state index contributed by atoms with van der Waals surface area (Å²) in [5.74, 6) is -0.410. The van der Waals surface area contributed by atoms with E-state index in [1.165, 1.54) is 58.5 Å². The van der Waals surface area contributed by atoms with Gasteiger partial charge in [-0.2, -0.15) is 15.6 Å². The van der Waals surface area contributed by atoms with Gasteiger partial charge in [0.05, 0.1) is 25.2 Å². The number of nitro groups is 4. The molecule has 92 heavy (non-hydrogen) atoms. The van der Waals surface area contributed by atoms with Crippen molar-refractivity contribution in [3.8, 4) is 23.0 Å². The van der Waals surface area contributed by atoms with Crippen molar-refractivity contribution in [3.63, 3.8) is 0 Å². The third-order valence-corrected chi connectivity index (χ3v) is 15.2. The highest BCUT2D eigenvalue weighted by Crippen LogP contribution is 2.43. The maximum atomic E-state index is 16.1. The van der Waals surface area contributed by atoms with Crippen molar-refractivity contribution in [1.82, 2.24) is 35.5 Å². The summed E-state index contributed by atoms with van der Waals surface area (Å²) in [6.07, 6.45) is -4.99. The zero-order valence-electron chi connectivity index (χ0n) is 48.5. The third-order valence-electron chi connectivity index (χ3n) is 13.5. The molecule has 0 spiro atoms. The second-order valence-corrected chi connectivity index (χ2v) is 21.3. The van der Waals surface area contributed by atoms with Crippen LogP contribution in [0.3, 0.4) is 0 Å². The Morgan fingerprint density at radius 3 is 0.891 bits per heavy atom. The van der Waals surface area contributed by atoms with Crippen LogP contribution in [-0.4, -0.2) is 143 Å². The molecule has 33 heteroatoms. The predicted molar refractivity (Wildman–Crippen MR) is 323 cm³/mol. The summed E-state index contributed by atoms with van der Waals surface area (Å²) in [4.78, 5) is 96.7. The van der Waals surface area contributed by atoms with Crippen LogP contribution in [-0.2, 0) is 29.1 Å². The van der Waals surface area contributed by atoms with Crippen molar-refractivity contribution in [1.29, 1.82) is 0 Å². The van der Waals surface area contributed by atoms with E-state index >= 15 is 4.57 Å². The van der Waals surface area contributed by atoms with Crippen LogP contribution in [0.2, 0.25) is 0 Å². The summed E-state index contributed by atoms with van der Waals surface area (Å²) in [7, 11) is -4.56. The minimum Gasteiger partial charge on any atom is -0.433 e. The van der Waals surface area contributed by atoms with E-state index in [-0.39, 0.29) is 85.0 Å². The van der Waals surface area contributed by atoms with Gasteiger partial charge < -0.3 is 37.9 Å².